The van der Waals surface area contributed by atoms with Gasteiger partial charge in [0.1, 0.15) is 5.75 Å². The van der Waals surface area contributed by atoms with Crippen LogP contribution in [0, 0.1) is 6.92 Å². The minimum atomic E-state index is -0.00749. The lowest BCUT2D eigenvalue weighted by atomic mass is 9.84. The molecule has 0 unspecified atom stereocenters. The maximum Gasteiger partial charge on any atom is 0.129 e. The Bertz CT molecular complexity index is 705. The highest BCUT2D eigenvalue weighted by molar-refractivity contribution is 5.70. The number of nitrogens with zero attached hydrogens (tertiary/aromatic N) is 1. The number of aromatic hydroxyl groups is 1. The van der Waals surface area contributed by atoms with E-state index in [1.165, 1.54) is 5.56 Å². The van der Waals surface area contributed by atoms with Gasteiger partial charge in [0, 0.05) is 29.4 Å². The zero-order valence-electron chi connectivity index (χ0n) is 16.0. The van der Waals surface area contributed by atoms with Crippen molar-refractivity contribution in [3.05, 3.63) is 47.2 Å². The average molecular weight is 343 g/mol. The summed E-state index contributed by atoms with van der Waals surface area (Å²) in [7, 11) is 0. The van der Waals surface area contributed by atoms with Crippen LogP contribution in [0.15, 0.2) is 30.5 Å². The summed E-state index contributed by atoms with van der Waals surface area (Å²) < 4.78 is 0. The third-order valence-electron chi connectivity index (χ3n) is 4.05. The summed E-state index contributed by atoms with van der Waals surface area (Å²) in [5, 5.41) is 14.3. The molecule has 0 radical (unpaired) electrons. The van der Waals surface area contributed by atoms with Crippen molar-refractivity contribution < 1.29 is 5.11 Å². The number of hydrogen-bond acceptors (Lipinski definition) is 3. The number of nitrogens with one attached hydrogen (secondary N) is 1. The molecular weight excluding hydrogens is 308 g/mol. The zero-order chi connectivity index (χ0) is 18.1. The normalized spacial score (nSPS) is 12.0. The Labute approximate surface area is 153 Å². The average Bonchev–Trinajstić information content (AvgIpc) is 2.45. The van der Waals surface area contributed by atoms with Crippen LogP contribution < -0.4 is 5.32 Å². The van der Waals surface area contributed by atoms with Crippen LogP contribution in [0.1, 0.15) is 65.7 Å². The van der Waals surface area contributed by atoms with Gasteiger partial charge in [-0.25, -0.2) is 0 Å². The standard InChI is InChI=1S/C21H30N2O.CH4/c1-14-8-9-18(22-12-14)17-11-16(20(2,3)4)10-15(19(17)24)13-23-21(5,6)7;/h8-12,23-24H,13H2,1-7H3;1H4. The second-order valence-electron chi connectivity index (χ2n) is 8.61. The van der Waals surface area contributed by atoms with Crippen molar-refractivity contribution in [3.63, 3.8) is 0 Å². The lowest BCUT2D eigenvalue weighted by Crippen LogP contribution is -2.35. The maximum atomic E-state index is 10.8. The van der Waals surface area contributed by atoms with Crippen molar-refractivity contribution in [1.29, 1.82) is 0 Å². The predicted octanol–water partition coefficient (Wildman–Crippen LogP) is 5.58. The third-order valence-corrected chi connectivity index (χ3v) is 4.05. The molecule has 0 saturated carbocycles. The number of aryl methyl sites for hydroxylation is 1. The number of aromatic nitrogens is 1. The Morgan fingerprint density at radius 2 is 1.68 bits per heavy atom. The molecule has 3 heteroatoms. The lowest BCUT2D eigenvalue weighted by Gasteiger charge is -2.25. The van der Waals surface area contributed by atoms with E-state index in [2.05, 4.69) is 64.0 Å². The van der Waals surface area contributed by atoms with Crippen LogP contribution in [0.4, 0.5) is 0 Å². The minimum Gasteiger partial charge on any atom is -0.507 e. The van der Waals surface area contributed by atoms with Gasteiger partial charge < -0.3 is 10.4 Å². The fraction of sp³-hybridized carbons (Fsp3) is 0.500. The van der Waals surface area contributed by atoms with E-state index in [1.807, 2.05) is 25.3 Å². The third kappa shape index (κ3) is 5.57. The smallest absolute Gasteiger partial charge is 0.129 e. The van der Waals surface area contributed by atoms with Crippen molar-refractivity contribution in [2.24, 2.45) is 0 Å². The highest BCUT2D eigenvalue weighted by Gasteiger charge is 2.21. The van der Waals surface area contributed by atoms with E-state index in [1.54, 1.807) is 0 Å². The fourth-order valence-electron chi connectivity index (χ4n) is 2.45. The molecule has 0 saturated heterocycles. The van der Waals surface area contributed by atoms with Crippen LogP contribution in [-0.2, 0) is 12.0 Å². The summed E-state index contributed by atoms with van der Waals surface area (Å²) in [5.74, 6) is 0.316. The second kappa shape index (κ2) is 7.57. The predicted molar refractivity (Wildman–Crippen MR) is 108 cm³/mol. The first-order valence-corrected chi connectivity index (χ1v) is 8.52. The summed E-state index contributed by atoms with van der Waals surface area (Å²) in [6, 6.07) is 8.16. The number of hydrogen-bond donors (Lipinski definition) is 2. The second-order valence-corrected chi connectivity index (χ2v) is 8.61. The van der Waals surface area contributed by atoms with Crippen LogP contribution in [0.25, 0.3) is 11.3 Å². The molecule has 2 rings (SSSR count). The topological polar surface area (TPSA) is 45.1 Å². The number of pyridine rings is 1. The molecule has 0 atom stereocenters. The molecule has 0 aliphatic rings. The molecular formula is C22H34N2O. The molecule has 0 bridgehead atoms. The van der Waals surface area contributed by atoms with E-state index < -0.39 is 0 Å². The van der Waals surface area contributed by atoms with Gasteiger partial charge in [-0.05, 0) is 56.4 Å². The van der Waals surface area contributed by atoms with E-state index in [4.69, 9.17) is 0 Å². The zero-order valence-corrected chi connectivity index (χ0v) is 16.0. The summed E-state index contributed by atoms with van der Waals surface area (Å²) in [6.07, 6.45) is 1.84. The van der Waals surface area contributed by atoms with Gasteiger partial charge in [0.05, 0.1) is 5.69 Å². The molecule has 0 fully saturated rings. The van der Waals surface area contributed by atoms with Crippen LogP contribution in [0.3, 0.4) is 0 Å². The van der Waals surface area contributed by atoms with Crippen LogP contribution in [0.2, 0.25) is 0 Å². The SMILES string of the molecule is C.Cc1ccc(-c2cc(C(C)(C)C)cc(CNC(C)(C)C)c2O)nc1. The summed E-state index contributed by atoms with van der Waals surface area (Å²) in [5.41, 5.74) is 4.82. The first kappa shape index (κ1) is 21.2. The largest absolute Gasteiger partial charge is 0.507 e. The van der Waals surface area contributed by atoms with Crippen LogP contribution in [-0.4, -0.2) is 15.6 Å². The van der Waals surface area contributed by atoms with Gasteiger partial charge in [-0.2, -0.15) is 0 Å². The van der Waals surface area contributed by atoms with Gasteiger partial charge in [-0.15, -0.1) is 0 Å². The van der Waals surface area contributed by atoms with E-state index in [9.17, 15) is 5.11 Å². The van der Waals surface area contributed by atoms with Gasteiger partial charge in [-0.3, -0.25) is 4.98 Å². The highest BCUT2D eigenvalue weighted by atomic mass is 16.3. The van der Waals surface area contributed by atoms with E-state index in [0.717, 1.165) is 22.4 Å². The van der Waals surface area contributed by atoms with Crippen LogP contribution >= 0.6 is 0 Å². The van der Waals surface area contributed by atoms with Crippen LogP contribution in [0.5, 0.6) is 5.75 Å². The van der Waals surface area contributed by atoms with Crippen molar-refractivity contribution in [2.45, 2.75) is 73.4 Å². The molecule has 0 spiro atoms. The molecule has 3 nitrogen and oxygen atoms in total. The summed E-state index contributed by atoms with van der Waals surface area (Å²) in [6.45, 7) is 15.6. The van der Waals surface area contributed by atoms with E-state index >= 15 is 0 Å². The summed E-state index contributed by atoms with van der Waals surface area (Å²) in [4.78, 5) is 4.50. The van der Waals surface area contributed by atoms with Gasteiger partial charge in [0.2, 0.25) is 0 Å². The Morgan fingerprint density at radius 3 is 2.16 bits per heavy atom. The quantitative estimate of drug-likeness (QED) is 0.765. The minimum absolute atomic E-state index is 0. The molecule has 0 amide bonds. The Kier molecular flexibility index (Phi) is 6.41. The number of phenolic OH excluding ortho intramolecular Hbond substituents is 1. The lowest BCUT2D eigenvalue weighted by molar-refractivity contribution is 0.411. The first-order chi connectivity index (χ1) is 11.0. The molecule has 0 aliphatic heterocycles. The Hall–Kier alpha value is -1.87. The molecule has 25 heavy (non-hydrogen) atoms. The van der Waals surface area contributed by atoms with E-state index in [0.29, 0.717) is 12.3 Å². The number of phenols is 1. The number of rotatable bonds is 3. The molecule has 1 aromatic heterocycles. The van der Waals surface area contributed by atoms with Gasteiger partial charge in [0.25, 0.3) is 0 Å². The highest BCUT2D eigenvalue weighted by Crippen LogP contribution is 2.36. The fourth-order valence-corrected chi connectivity index (χ4v) is 2.45. The maximum absolute atomic E-state index is 10.8. The van der Waals surface area contributed by atoms with Gasteiger partial charge >= 0.3 is 0 Å². The number of benzene rings is 1. The molecule has 2 N–H and O–H groups in total. The van der Waals surface area contributed by atoms with Crippen molar-refractivity contribution in [1.82, 2.24) is 10.3 Å². The van der Waals surface area contributed by atoms with Gasteiger partial charge in [0.15, 0.2) is 0 Å². The van der Waals surface area contributed by atoms with Crippen molar-refractivity contribution >= 4 is 0 Å². The molecule has 2 aromatic rings. The first-order valence-electron chi connectivity index (χ1n) is 8.52. The van der Waals surface area contributed by atoms with Crippen molar-refractivity contribution in [3.8, 4) is 17.0 Å². The molecule has 1 heterocycles. The summed E-state index contributed by atoms with van der Waals surface area (Å²) >= 11 is 0. The van der Waals surface area contributed by atoms with Crippen molar-refractivity contribution in [2.75, 3.05) is 0 Å². The molecule has 0 aliphatic carbocycles. The Balaban J connectivity index is 0.00000312. The molecule has 1 aromatic carbocycles. The Morgan fingerprint density at radius 1 is 1.04 bits per heavy atom. The monoisotopic (exact) mass is 342 g/mol. The molecule has 138 valence electrons. The van der Waals surface area contributed by atoms with E-state index in [-0.39, 0.29) is 18.4 Å². The van der Waals surface area contributed by atoms with Gasteiger partial charge in [-0.1, -0.05) is 40.3 Å².